The lowest BCUT2D eigenvalue weighted by atomic mass is 10.1. The molecule has 0 aliphatic heterocycles. The predicted molar refractivity (Wildman–Crippen MR) is 96.8 cm³/mol. The van der Waals surface area contributed by atoms with Gasteiger partial charge >= 0.3 is 0 Å². The molecule has 0 aliphatic rings. The van der Waals surface area contributed by atoms with Crippen LogP contribution >= 0.6 is 23.2 Å². The lowest BCUT2D eigenvalue weighted by Crippen LogP contribution is -2.18. The maximum atomic E-state index is 12.8. The van der Waals surface area contributed by atoms with Crippen molar-refractivity contribution < 1.29 is 4.79 Å². The monoisotopic (exact) mass is 346 g/mol. The Morgan fingerprint density at radius 2 is 1.91 bits per heavy atom. The molecule has 1 amide bonds. The minimum Gasteiger partial charge on any atom is -0.337 e. The van der Waals surface area contributed by atoms with E-state index < -0.39 is 0 Å². The maximum absolute atomic E-state index is 12.8. The van der Waals surface area contributed by atoms with Crippen LogP contribution in [0.4, 0.5) is 5.69 Å². The van der Waals surface area contributed by atoms with Crippen LogP contribution in [-0.4, -0.2) is 10.5 Å². The van der Waals surface area contributed by atoms with E-state index in [1.54, 1.807) is 18.2 Å². The van der Waals surface area contributed by atoms with Gasteiger partial charge in [-0.1, -0.05) is 41.4 Å². The lowest BCUT2D eigenvalue weighted by molar-refractivity contribution is 0.101. The Bertz CT molecular complexity index is 899. The number of nitrogens with zero attached hydrogens (tertiary/aromatic N) is 1. The van der Waals surface area contributed by atoms with Gasteiger partial charge < -0.3 is 9.88 Å². The smallest absolute Gasteiger partial charge is 0.272 e. The zero-order valence-electron chi connectivity index (χ0n) is 12.9. The van der Waals surface area contributed by atoms with Crippen LogP contribution in [0.2, 0.25) is 10.0 Å². The Morgan fingerprint density at radius 3 is 2.61 bits per heavy atom. The number of fused-ring (bicyclic) bond motifs is 1. The van der Waals surface area contributed by atoms with Crippen LogP contribution in [0.5, 0.6) is 0 Å². The number of aryl methyl sites for hydroxylation is 2. The predicted octanol–water partition coefficient (Wildman–Crippen LogP) is 5.53. The Kier molecular flexibility index (Phi) is 4.33. The topological polar surface area (TPSA) is 34.0 Å². The van der Waals surface area contributed by atoms with Gasteiger partial charge in [0.05, 0.1) is 10.7 Å². The summed E-state index contributed by atoms with van der Waals surface area (Å²) in [7, 11) is 0. The van der Waals surface area contributed by atoms with Crippen molar-refractivity contribution in [2.75, 3.05) is 5.32 Å². The first-order valence-electron chi connectivity index (χ1n) is 7.37. The third-order valence-electron chi connectivity index (χ3n) is 3.93. The summed E-state index contributed by atoms with van der Waals surface area (Å²) in [5, 5.41) is 4.92. The van der Waals surface area contributed by atoms with E-state index in [2.05, 4.69) is 5.32 Å². The number of hydrogen-bond acceptors (Lipinski definition) is 1. The Balaban J connectivity index is 2.05. The van der Waals surface area contributed by atoms with Gasteiger partial charge in [-0.25, -0.2) is 0 Å². The zero-order valence-corrected chi connectivity index (χ0v) is 14.4. The Hall–Kier alpha value is -1.97. The van der Waals surface area contributed by atoms with Crippen molar-refractivity contribution in [2.24, 2.45) is 0 Å². The summed E-state index contributed by atoms with van der Waals surface area (Å²) in [5.74, 6) is -0.176. The summed E-state index contributed by atoms with van der Waals surface area (Å²) in [5.41, 5.74) is 3.22. The molecule has 5 heteroatoms. The highest BCUT2D eigenvalue weighted by Crippen LogP contribution is 2.29. The molecule has 1 aromatic heterocycles. The van der Waals surface area contributed by atoms with Crippen LogP contribution in [-0.2, 0) is 6.54 Å². The van der Waals surface area contributed by atoms with Crippen LogP contribution in [0.1, 0.15) is 23.0 Å². The molecule has 0 spiro atoms. The number of nitrogens with one attached hydrogen (secondary N) is 1. The van der Waals surface area contributed by atoms with E-state index >= 15 is 0 Å². The molecule has 0 aliphatic carbocycles. The summed E-state index contributed by atoms with van der Waals surface area (Å²) in [6.45, 7) is 4.70. The summed E-state index contributed by atoms with van der Waals surface area (Å²) in [4.78, 5) is 12.8. The molecule has 1 heterocycles. The highest BCUT2D eigenvalue weighted by Gasteiger charge is 2.20. The van der Waals surface area contributed by atoms with E-state index in [1.807, 2.05) is 42.7 Å². The number of benzene rings is 2. The molecular formula is C18H16Cl2N2O. The van der Waals surface area contributed by atoms with Gasteiger partial charge in [0.15, 0.2) is 0 Å². The average molecular weight is 347 g/mol. The van der Waals surface area contributed by atoms with E-state index in [-0.39, 0.29) is 5.91 Å². The molecule has 3 nitrogen and oxygen atoms in total. The standard InChI is InChI=1S/C18H16Cl2N2O/c1-3-22-16-7-5-4-6-13(16)11(2)17(22)18(23)21-15-9-8-12(19)10-14(15)20/h4-10H,3H2,1-2H3,(H,21,23). The third kappa shape index (κ3) is 2.82. The Morgan fingerprint density at radius 1 is 1.17 bits per heavy atom. The summed E-state index contributed by atoms with van der Waals surface area (Å²) in [6.07, 6.45) is 0. The molecule has 2 aromatic carbocycles. The van der Waals surface area contributed by atoms with Crippen molar-refractivity contribution in [1.82, 2.24) is 4.57 Å². The van der Waals surface area contributed by atoms with Gasteiger partial charge in [0.2, 0.25) is 0 Å². The van der Waals surface area contributed by atoms with Crippen LogP contribution < -0.4 is 5.32 Å². The molecule has 0 radical (unpaired) electrons. The molecule has 0 bridgehead atoms. The van der Waals surface area contributed by atoms with Gasteiger partial charge in [-0.3, -0.25) is 4.79 Å². The number of aromatic nitrogens is 1. The fourth-order valence-electron chi connectivity index (χ4n) is 2.87. The van der Waals surface area contributed by atoms with E-state index in [4.69, 9.17) is 23.2 Å². The molecule has 3 aromatic rings. The van der Waals surface area contributed by atoms with Crippen LogP contribution in [0.25, 0.3) is 10.9 Å². The largest absolute Gasteiger partial charge is 0.337 e. The molecule has 0 atom stereocenters. The SMILES string of the molecule is CCn1c(C(=O)Nc2ccc(Cl)cc2Cl)c(C)c2ccccc21. The number of hydrogen-bond donors (Lipinski definition) is 1. The Labute approximate surface area is 144 Å². The van der Waals surface area contributed by atoms with Crippen LogP contribution in [0, 0.1) is 6.92 Å². The number of para-hydroxylation sites is 1. The van der Waals surface area contributed by atoms with Gasteiger partial charge in [-0.15, -0.1) is 0 Å². The van der Waals surface area contributed by atoms with Gasteiger partial charge in [0.1, 0.15) is 5.69 Å². The van der Waals surface area contributed by atoms with Crippen molar-refractivity contribution in [3.63, 3.8) is 0 Å². The molecule has 3 rings (SSSR count). The van der Waals surface area contributed by atoms with Gasteiger partial charge in [0, 0.05) is 22.5 Å². The molecule has 23 heavy (non-hydrogen) atoms. The second-order valence-electron chi connectivity index (χ2n) is 5.31. The van der Waals surface area contributed by atoms with Gasteiger partial charge in [-0.05, 0) is 43.7 Å². The number of anilines is 1. The molecule has 0 saturated heterocycles. The zero-order chi connectivity index (χ0) is 16.6. The first kappa shape index (κ1) is 15.9. The average Bonchev–Trinajstić information content (AvgIpc) is 2.83. The molecule has 0 unspecified atom stereocenters. The fourth-order valence-corrected chi connectivity index (χ4v) is 3.33. The molecule has 1 N–H and O–H groups in total. The summed E-state index contributed by atoms with van der Waals surface area (Å²) in [6, 6.07) is 13.0. The van der Waals surface area contributed by atoms with Crippen molar-refractivity contribution in [2.45, 2.75) is 20.4 Å². The first-order chi connectivity index (χ1) is 11.0. The van der Waals surface area contributed by atoms with Gasteiger partial charge in [-0.2, -0.15) is 0 Å². The maximum Gasteiger partial charge on any atom is 0.272 e. The molecule has 0 fully saturated rings. The number of amides is 1. The molecular weight excluding hydrogens is 331 g/mol. The minimum absolute atomic E-state index is 0.176. The molecule has 0 saturated carbocycles. The van der Waals surface area contributed by atoms with Crippen LogP contribution in [0.3, 0.4) is 0 Å². The van der Waals surface area contributed by atoms with Crippen molar-refractivity contribution in [3.05, 3.63) is 63.8 Å². The minimum atomic E-state index is -0.176. The number of carbonyl (C=O) groups is 1. The quantitative estimate of drug-likeness (QED) is 0.664. The van der Waals surface area contributed by atoms with Crippen molar-refractivity contribution >= 4 is 45.7 Å². The second-order valence-corrected chi connectivity index (χ2v) is 6.16. The van der Waals surface area contributed by atoms with E-state index in [1.165, 1.54) is 0 Å². The lowest BCUT2D eigenvalue weighted by Gasteiger charge is -2.11. The fraction of sp³-hybridized carbons (Fsp3) is 0.167. The highest BCUT2D eigenvalue weighted by molar-refractivity contribution is 6.36. The first-order valence-corrected chi connectivity index (χ1v) is 8.12. The summed E-state index contributed by atoms with van der Waals surface area (Å²) >= 11 is 12.0. The summed E-state index contributed by atoms with van der Waals surface area (Å²) < 4.78 is 2.02. The van der Waals surface area contributed by atoms with Crippen molar-refractivity contribution in [1.29, 1.82) is 0 Å². The van der Waals surface area contributed by atoms with Crippen molar-refractivity contribution in [3.8, 4) is 0 Å². The second kappa shape index (κ2) is 6.26. The number of halogens is 2. The number of carbonyl (C=O) groups excluding carboxylic acids is 1. The molecule has 118 valence electrons. The van der Waals surface area contributed by atoms with E-state index in [9.17, 15) is 4.79 Å². The van der Waals surface area contributed by atoms with E-state index in [0.29, 0.717) is 28.0 Å². The highest BCUT2D eigenvalue weighted by atomic mass is 35.5. The normalized spacial score (nSPS) is 11.0. The van der Waals surface area contributed by atoms with Gasteiger partial charge in [0.25, 0.3) is 5.91 Å². The van der Waals surface area contributed by atoms with E-state index in [0.717, 1.165) is 16.5 Å². The number of rotatable bonds is 3. The third-order valence-corrected chi connectivity index (χ3v) is 4.48. The van der Waals surface area contributed by atoms with Crippen LogP contribution in [0.15, 0.2) is 42.5 Å².